The fraction of sp³-hybridized carbons (Fsp3) is 0.0909. The number of nitrogens with zero attached hydrogens (tertiary/aromatic N) is 1. The van der Waals surface area contributed by atoms with Crippen molar-refractivity contribution >= 4 is 39.7 Å². The standard InChI is InChI=1S/C11H10ClN3OS/c1-6-5-14-11(17-6)15-10(16)8-3-2-7(12)4-9(8)13/h2-5H,13H2,1H3,(H,14,15,16). The van der Waals surface area contributed by atoms with E-state index in [4.69, 9.17) is 17.3 Å². The molecule has 0 radical (unpaired) electrons. The molecular weight excluding hydrogens is 258 g/mol. The highest BCUT2D eigenvalue weighted by Gasteiger charge is 2.11. The average Bonchev–Trinajstić information content (AvgIpc) is 2.63. The summed E-state index contributed by atoms with van der Waals surface area (Å²) in [5, 5.41) is 3.75. The molecule has 0 bridgehead atoms. The number of benzene rings is 1. The Kier molecular flexibility index (Phi) is 3.31. The highest BCUT2D eigenvalue weighted by atomic mass is 35.5. The number of thiazole rings is 1. The molecule has 0 aliphatic rings. The summed E-state index contributed by atoms with van der Waals surface area (Å²) < 4.78 is 0. The lowest BCUT2D eigenvalue weighted by Gasteiger charge is -2.05. The fourth-order valence-electron chi connectivity index (χ4n) is 1.32. The van der Waals surface area contributed by atoms with Crippen molar-refractivity contribution in [3.63, 3.8) is 0 Å². The maximum atomic E-state index is 11.9. The van der Waals surface area contributed by atoms with E-state index in [2.05, 4.69) is 10.3 Å². The summed E-state index contributed by atoms with van der Waals surface area (Å²) in [6.45, 7) is 1.92. The Hall–Kier alpha value is -1.59. The zero-order valence-corrected chi connectivity index (χ0v) is 10.6. The minimum Gasteiger partial charge on any atom is -0.398 e. The van der Waals surface area contributed by atoms with E-state index in [0.717, 1.165) is 4.88 Å². The van der Waals surface area contributed by atoms with E-state index in [1.165, 1.54) is 11.3 Å². The monoisotopic (exact) mass is 267 g/mol. The molecule has 1 aromatic carbocycles. The van der Waals surface area contributed by atoms with Crippen LogP contribution in [0.1, 0.15) is 15.2 Å². The maximum absolute atomic E-state index is 11.9. The zero-order chi connectivity index (χ0) is 12.4. The summed E-state index contributed by atoms with van der Waals surface area (Å²) in [7, 11) is 0. The van der Waals surface area contributed by atoms with Crippen molar-refractivity contribution in [1.82, 2.24) is 4.98 Å². The predicted octanol–water partition coefficient (Wildman–Crippen LogP) is 2.94. The predicted molar refractivity (Wildman–Crippen MR) is 70.7 cm³/mol. The smallest absolute Gasteiger partial charge is 0.259 e. The number of aromatic nitrogens is 1. The molecule has 4 nitrogen and oxygen atoms in total. The molecule has 0 saturated carbocycles. The van der Waals surface area contributed by atoms with Crippen molar-refractivity contribution in [2.24, 2.45) is 0 Å². The SMILES string of the molecule is Cc1cnc(NC(=O)c2ccc(Cl)cc2N)s1. The van der Waals surface area contributed by atoms with Gasteiger partial charge in [-0.3, -0.25) is 10.1 Å². The second-order valence-corrected chi connectivity index (χ2v) is 5.13. The van der Waals surface area contributed by atoms with Crippen molar-refractivity contribution in [2.45, 2.75) is 6.92 Å². The van der Waals surface area contributed by atoms with E-state index >= 15 is 0 Å². The van der Waals surface area contributed by atoms with Crippen LogP contribution >= 0.6 is 22.9 Å². The second-order valence-electron chi connectivity index (χ2n) is 3.46. The first-order valence-electron chi connectivity index (χ1n) is 4.85. The highest BCUT2D eigenvalue weighted by Crippen LogP contribution is 2.21. The molecule has 88 valence electrons. The molecule has 0 unspecified atom stereocenters. The molecule has 17 heavy (non-hydrogen) atoms. The summed E-state index contributed by atoms with van der Waals surface area (Å²) in [5.41, 5.74) is 6.46. The summed E-state index contributed by atoms with van der Waals surface area (Å²) in [4.78, 5) is 17.0. The molecule has 1 aromatic heterocycles. The van der Waals surface area contributed by atoms with Gasteiger partial charge in [-0.05, 0) is 25.1 Å². The summed E-state index contributed by atoms with van der Waals surface area (Å²) in [5.74, 6) is -0.284. The second kappa shape index (κ2) is 4.73. The number of aryl methyl sites for hydroxylation is 1. The molecular formula is C11H10ClN3OS. The van der Waals surface area contributed by atoms with Gasteiger partial charge in [0, 0.05) is 21.8 Å². The van der Waals surface area contributed by atoms with Crippen molar-refractivity contribution in [3.8, 4) is 0 Å². The lowest BCUT2D eigenvalue weighted by molar-refractivity contribution is 0.102. The Balaban J connectivity index is 2.20. The number of halogens is 1. The zero-order valence-electron chi connectivity index (χ0n) is 9.03. The molecule has 0 fully saturated rings. The molecule has 0 spiro atoms. The fourth-order valence-corrected chi connectivity index (χ4v) is 2.16. The average molecular weight is 268 g/mol. The molecule has 0 atom stereocenters. The van der Waals surface area contributed by atoms with Gasteiger partial charge >= 0.3 is 0 Å². The first-order chi connectivity index (χ1) is 8.06. The molecule has 2 rings (SSSR count). The maximum Gasteiger partial charge on any atom is 0.259 e. The van der Waals surface area contributed by atoms with E-state index < -0.39 is 0 Å². The number of nitrogens with one attached hydrogen (secondary N) is 1. The van der Waals surface area contributed by atoms with Gasteiger partial charge in [0.1, 0.15) is 0 Å². The van der Waals surface area contributed by atoms with Crippen LogP contribution in [0.15, 0.2) is 24.4 Å². The van der Waals surface area contributed by atoms with Gasteiger partial charge < -0.3 is 5.73 Å². The normalized spacial score (nSPS) is 10.2. The summed E-state index contributed by atoms with van der Waals surface area (Å²) in [6, 6.07) is 4.76. The van der Waals surface area contributed by atoms with Crippen LogP contribution in [0, 0.1) is 6.92 Å². The number of hydrogen-bond acceptors (Lipinski definition) is 4. The Labute approximate surface area is 107 Å². The van der Waals surface area contributed by atoms with Crippen LogP contribution in [-0.2, 0) is 0 Å². The first kappa shape index (κ1) is 11.9. The van der Waals surface area contributed by atoms with Gasteiger partial charge in [-0.15, -0.1) is 11.3 Å². The molecule has 1 heterocycles. The van der Waals surface area contributed by atoms with Crippen LogP contribution in [0.5, 0.6) is 0 Å². The van der Waals surface area contributed by atoms with Gasteiger partial charge in [-0.25, -0.2) is 4.98 Å². The van der Waals surface area contributed by atoms with Crippen molar-refractivity contribution < 1.29 is 4.79 Å². The van der Waals surface area contributed by atoms with E-state index in [9.17, 15) is 4.79 Å². The number of rotatable bonds is 2. The molecule has 3 N–H and O–H groups in total. The van der Waals surface area contributed by atoms with Crippen molar-refractivity contribution in [1.29, 1.82) is 0 Å². The molecule has 1 amide bonds. The third-order valence-electron chi connectivity index (χ3n) is 2.10. The van der Waals surface area contributed by atoms with Gasteiger partial charge in [0.15, 0.2) is 5.13 Å². The van der Waals surface area contributed by atoms with Crippen LogP contribution in [0.4, 0.5) is 10.8 Å². The van der Waals surface area contributed by atoms with Crippen LogP contribution in [-0.4, -0.2) is 10.9 Å². The molecule has 0 aliphatic heterocycles. The summed E-state index contributed by atoms with van der Waals surface area (Å²) >= 11 is 7.17. The number of hydrogen-bond donors (Lipinski definition) is 2. The Morgan fingerprint density at radius 3 is 2.88 bits per heavy atom. The van der Waals surface area contributed by atoms with Crippen molar-refractivity contribution in [2.75, 3.05) is 11.1 Å². The van der Waals surface area contributed by atoms with E-state index in [-0.39, 0.29) is 5.91 Å². The quantitative estimate of drug-likeness (QED) is 0.822. The lowest BCUT2D eigenvalue weighted by atomic mass is 10.2. The number of amides is 1. The minimum atomic E-state index is -0.284. The third-order valence-corrected chi connectivity index (χ3v) is 3.16. The third kappa shape index (κ3) is 2.75. The van der Waals surface area contributed by atoms with Crippen LogP contribution in [0.3, 0.4) is 0 Å². The van der Waals surface area contributed by atoms with E-state index in [1.807, 2.05) is 6.92 Å². The highest BCUT2D eigenvalue weighted by molar-refractivity contribution is 7.15. The van der Waals surface area contributed by atoms with Crippen LogP contribution < -0.4 is 11.1 Å². The Bertz CT molecular complexity index is 568. The topological polar surface area (TPSA) is 68.0 Å². The Morgan fingerprint density at radius 1 is 1.53 bits per heavy atom. The number of nitrogens with two attached hydrogens (primary N) is 1. The lowest BCUT2D eigenvalue weighted by Crippen LogP contribution is -2.13. The van der Waals surface area contributed by atoms with Gasteiger partial charge in [0.05, 0.1) is 5.56 Å². The number of anilines is 2. The molecule has 0 saturated heterocycles. The van der Waals surface area contributed by atoms with Gasteiger partial charge in [-0.2, -0.15) is 0 Å². The molecule has 6 heteroatoms. The number of carbonyl (C=O) groups is 1. The van der Waals surface area contributed by atoms with Gasteiger partial charge in [-0.1, -0.05) is 11.6 Å². The van der Waals surface area contributed by atoms with Crippen LogP contribution in [0.25, 0.3) is 0 Å². The summed E-state index contributed by atoms with van der Waals surface area (Å²) in [6.07, 6.45) is 1.70. The van der Waals surface area contributed by atoms with Gasteiger partial charge in [0.25, 0.3) is 5.91 Å². The van der Waals surface area contributed by atoms with E-state index in [0.29, 0.717) is 21.4 Å². The Morgan fingerprint density at radius 2 is 2.29 bits per heavy atom. The first-order valence-corrected chi connectivity index (χ1v) is 6.04. The van der Waals surface area contributed by atoms with Gasteiger partial charge in [0.2, 0.25) is 0 Å². The number of carbonyl (C=O) groups excluding carboxylic acids is 1. The minimum absolute atomic E-state index is 0.284. The number of nitrogen functional groups attached to an aromatic ring is 1. The van der Waals surface area contributed by atoms with Crippen molar-refractivity contribution in [3.05, 3.63) is 39.9 Å². The van der Waals surface area contributed by atoms with Crippen LogP contribution in [0.2, 0.25) is 5.02 Å². The van der Waals surface area contributed by atoms with E-state index in [1.54, 1.807) is 24.4 Å². The largest absolute Gasteiger partial charge is 0.398 e. The molecule has 2 aromatic rings. The molecule has 0 aliphatic carbocycles.